The molecule has 0 aromatic heterocycles. The molecular weight excluding hydrogens is 221 g/mol. The first-order valence-electron chi connectivity index (χ1n) is 5.87. The molecule has 0 spiro atoms. The number of hydrogen-bond donors (Lipinski definition) is 0. The van der Waals surface area contributed by atoms with Gasteiger partial charge in [-0.3, -0.25) is 0 Å². The Morgan fingerprint density at radius 2 is 1.88 bits per heavy atom. The molecule has 0 unspecified atom stereocenters. The summed E-state index contributed by atoms with van der Waals surface area (Å²) >= 11 is 0. The quantitative estimate of drug-likeness (QED) is 0.651. The SMILES string of the molecule is CCOCCN(C)CCOc1ccccc1F. The Labute approximate surface area is 102 Å². The fourth-order valence-corrected chi connectivity index (χ4v) is 1.35. The van der Waals surface area contributed by atoms with Crippen molar-refractivity contribution in [3.05, 3.63) is 30.1 Å². The zero-order valence-electron chi connectivity index (χ0n) is 10.5. The first-order chi connectivity index (χ1) is 8.24. The first-order valence-corrected chi connectivity index (χ1v) is 5.87. The van der Waals surface area contributed by atoms with Gasteiger partial charge in [0.15, 0.2) is 11.6 Å². The van der Waals surface area contributed by atoms with Crippen LogP contribution >= 0.6 is 0 Å². The molecule has 0 aliphatic rings. The third-order valence-electron chi connectivity index (χ3n) is 2.39. The molecule has 0 heterocycles. The normalized spacial score (nSPS) is 10.8. The van der Waals surface area contributed by atoms with Gasteiger partial charge >= 0.3 is 0 Å². The summed E-state index contributed by atoms with van der Waals surface area (Å²) in [7, 11) is 1.99. The molecule has 96 valence electrons. The number of para-hydroxylation sites is 1. The lowest BCUT2D eigenvalue weighted by Gasteiger charge is -2.16. The van der Waals surface area contributed by atoms with Gasteiger partial charge in [-0.2, -0.15) is 0 Å². The Morgan fingerprint density at radius 3 is 2.59 bits per heavy atom. The number of halogens is 1. The highest BCUT2D eigenvalue weighted by molar-refractivity contribution is 5.23. The molecule has 0 saturated carbocycles. The van der Waals surface area contributed by atoms with E-state index in [1.54, 1.807) is 18.2 Å². The number of likely N-dealkylation sites (N-methyl/N-ethyl adjacent to an activating group) is 1. The molecule has 1 aromatic rings. The standard InChI is InChI=1S/C13H20FNO2/c1-3-16-10-8-15(2)9-11-17-13-7-5-4-6-12(13)14/h4-7H,3,8-11H2,1-2H3. The van der Waals surface area contributed by atoms with Gasteiger partial charge in [-0.25, -0.2) is 4.39 Å². The molecule has 0 aliphatic carbocycles. The van der Waals surface area contributed by atoms with Crippen molar-refractivity contribution in [2.24, 2.45) is 0 Å². The highest BCUT2D eigenvalue weighted by Gasteiger charge is 2.02. The summed E-state index contributed by atoms with van der Waals surface area (Å²) in [4.78, 5) is 2.09. The maximum atomic E-state index is 13.2. The minimum atomic E-state index is -0.315. The van der Waals surface area contributed by atoms with Gasteiger partial charge in [0.1, 0.15) is 6.61 Å². The van der Waals surface area contributed by atoms with Gasteiger partial charge < -0.3 is 14.4 Å². The van der Waals surface area contributed by atoms with Gasteiger partial charge in [0.2, 0.25) is 0 Å². The van der Waals surface area contributed by atoms with Crippen molar-refractivity contribution in [1.82, 2.24) is 4.90 Å². The number of hydrogen-bond acceptors (Lipinski definition) is 3. The lowest BCUT2D eigenvalue weighted by atomic mass is 10.3. The van der Waals surface area contributed by atoms with E-state index < -0.39 is 0 Å². The average Bonchev–Trinajstić information content (AvgIpc) is 2.32. The Balaban J connectivity index is 2.17. The zero-order chi connectivity index (χ0) is 12.5. The number of benzene rings is 1. The first kappa shape index (κ1) is 13.9. The van der Waals surface area contributed by atoms with Crippen molar-refractivity contribution in [2.45, 2.75) is 6.92 Å². The van der Waals surface area contributed by atoms with E-state index in [2.05, 4.69) is 4.90 Å². The molecule has 17 heavy (non-hydrogen) atoms. The van der Waals surface area contributed by atoms with Crippen molar-refractivity contribution in [3.8, 4) is 5.75 Å². The van der Waals surface area contributed by atoms with Crippen molar-refractivity contribution in [2.75, 3.05) is 40.0 Å². The van der Waals surface area contributed by atoms with Gasteiger partial charge in [-0.05, 0) is 26.1 Å². The molecule has 0 atom stereocenters. The van der Waals surface area contributed by atoms with Crippen LogP contribution in [0.5, 0.6) is 5.75 Å². The van der Waals surface area contributed by atoms with E-state index in [1.807, 2.05) is 14.0 Å². The Kier molecular flexibility index (Phi) is 6.58. The number of rotatable bonds is 8. The summed E-state index contributed by atoms with van der Waals surface area (Å²) in [6.07, 6.45) is 0. The highest BCUT2D eigenvalue weighted by atomic mass is 19.1. The summed E-state index contributed by atoms with van der Waals surface area (Å²) in [6, 6.07) is 6.44. The van der Waals surface area contributed by atoms with E-state index in [-0.39, 0.29) is 5.82 Å². The summed E-state index contributed by atoms with van der Waals surface area (Å²) < 4.78 is 23.8. The third-order valence-corrected chi connectivity index (χ3v) is 2.39. The van der Waals surface area contributed by atoms with E-state index in [9.17, 15) is 4.39 Å². The monoisotopic (exact) mass is 241 g/mol. The lowest BCUT2D eigenvalue weighted by molar-refractivity contribution is 0.116. The Hall–Kier alpha value is -1.13. The fraction of sp³-hybridized carbons (Fsp3) is 0.538. The minimum Gasteiger partial charge on any atom is -0.489 e. The molecule has 0 amide bonds. The second-order valence-corrected chi connectivity index (χ2v) is 3.78. The molecule has 0 N–H and O–H groups in total. The van der Waals surface area contributed by atoms with E-state index in [1.165, 1.54) is 6.07 Å². The van der Waals surface area contributed by atoms with Gasteiger partial charge in [-0.1, -0.05) is 12.1 Å². The van der Waals surface area contributed by atoms with Crippen LogP contribution in [0.3, 0.4) is 0 Å². The molecule has 0 bridgehead atoms. The summed E-state index contributed by atoms with van der Waals surface area (Å²) in [5.74, 6) is -0.00447. The van der Waals surface area contributed by atoms with Crippen molar-refractivity contribution >= 4 is 0 Å². The molecular formula is C13H20FNO2. The minimum absolute atomic E-state index is 0.311. The van der Waals surface area contributed by atoms with Crippen LogP contribution in [0.2, 0.25) is 0 Å². The maximum Gasteiger partial charge on any atom is 0.165 e. The number of nitrogens with zero attached hydrogens (tertiary/aromatic N) is 1. The average molecular weight is 241 g/mol. The molecule has 0 aliphatic heterocycles. The molecule has 1 aromatic carbocycles. The summed E-state index contributed by atoms with van der Waals surface area (Å²) in [6.45, 7) is 5.51. The Bertz CT molecular complexity index is 320. The van der Waals surface area contributed by atoms with Crippen molar-refractivity contribution < 1.29 is 13.9 Å². The van der Waals surface area contributed by atoms with Gasteiger partial charge in [-0.15, -0.1) is 0 Å². The molecule has 0 radical (unpaired) electrons. The van der Waals surface area contributed by atoms with Crippen LogP contribution in [-0.2, 0) is 4.74 Å². The molecule has 0 fully saturated rings. The van der Waals surface area contributed by atoms with E-state index in [0.717, 1.165) is 19.7 Å². The molecule has 3 nitrogen and oxygen atoms in total. The Morgan fingerprint density at radius 1 is 1.18 bits per heavy atom. The topological polar surface area (TPSA) is 21.7 Å². The molecule has 1 rings (SSSR count). The number of ether oxygens (including phenoxy) is 2. The van der Waals surface area contributed by atoms with Gasteiger partial charge in [0.25, 0.3) is 0 Å². The van der Waals surface area contributed by atoms with Crippen molar-refractivity contribution in [1.29, 1.82) is 0 Å². The fourth-order valence-electron chi connectivity index (χ4n) is 1.35. The van der Waals surface area contributed by atoms with Crippen LogP contribution in [-0.4, -0.2) is 44.9 Å². The lowest BCUT2D eigenvalue weighted by Crippen LogP contribution is -2.28. The highest BCUT2D eigenvalue weighted by Crippen LogP contribution is 2.14. The molecule has 4 heteroatoms. The second kappa shape index (κ2) is 8.03. The van der Waals surface area contributed by atoms with Crippen LogP contribution in [0.25, 0.3) is 0 Å². The maximum absolute atomic E-state index is 13.2. The van der Waals surface area contributed by atoms with E-state index >= 15 is 0 Å². The summed E-state index contributed by atoms with van der Waals surface area (Å²) in [5.41, 5.74) is 0. The third kappa shape index (κ3) is 5.65. The van der Waals surface area contributed by atoms with Crippen LogP contribution in [0, 0.1) is 5.82 Å². The van der Waals surface area contributed by atoms with Crippen LogP contribution in [0.1, 0.15) is 6.92 Å². The second-order valence-electron chi connectivity index (χ2n) is 3.78. The van der Waals surface area contributed by atoms with Gasteiger partial charge in [0, 0.05) is 19.7 Å². The van der Waals surface area contributed by atoms with Crippen LogP contribution in [0.15, 0.2) is 24.3 Å². The van der Waals surface area contributed by atoms with Gasteiger partial charge in [0.05, 0.1) is 6.61 Å². The van der Waals surface area contributed by atoms with E-state index in [4.69, 9.17) is 9.47 Å². The van der Waals surface area contributed by atoms with Crippen LogP contribution in [0.4, 0.5) is 4.39 Å². The predicted octanol–water partition coefficient (Wildman–Crippen LogP) is 2.17. The molecule has 0 saturated heterocycles. The predicted molar refractivity (Wildman–Crippen MR) is 65.9 cm³/mol. The zero-order valence-corrected chi connectivity index (χ0v) is 10.5. The van der Waals surface area contributed by atoms with Crippen molar-refractivity contribution in [3.63, 3.8) is 0 Å². The summed E-state index contributed by atoms with van der Waals surface area (Å²) in [5, 5.41) is 0. The largest absolute Gasteiger partial charge is 0.489 e. The van der Waals surface area contributed by atoms with Crippen LogP contribution < -0.4 is 4.74 Å². The smallest absolute Gasteiger partial charge is 0.165 e. The van der Waals surface area contributed by atoms with E-state index in [0.29, 0.717) is 19.0 Å².